The Hall–Kier alpha value is -8.77. The number of aromatic nitrogens is 4. The predicted octanol–water partition coefficient (Wildman–Crippen LogP) is 11.3. The minimum Gasteiger partial charge on any atom is -0.397 e. The van der Waals surface area contributed by atoms with Crippen LogP contribution in [0.3, 0.4) is 0 Å². The fourth-order valence-corrected chi connectivity index (χ4v) is 7.94. The molecular weight excluding hydrogens is 1000 g/mol. The van der Waals surface area contributed by atoms with E-state index in [-0.39, 0.29) is 6.03 Å². The topological polar surface area (TPSA) is 221 Å². The van der Waals surface area contributed by atoms with Crippen molar-refractivity contribution in [3.8, 4) is 0 Å². The molecule has 2 saturated heterocycles. The van der Waals surface area contributed by atoms with Gasteiger partial charge < -0.3 is 56.9 Å². The summed E-state index contributed by atoms with van der Waals surface area (Å²) < 4.78 is 10.8. The minimum atomic E-state index is -0.320. The Bertz CT molecular complexity index is 3150. The number of morpholine rings is 2. The van der Waals surface area contributed by atoms with E-state index in [1.54, 1.807) is 12.3 Å². The summed E-state index contributed by atoms with van der Waals surface area (Å²) in [6.07, 6.45) is 4.58. The Balaban J connectivity index is 0.000000175. The largest absolute Gasteiger partial charge is 0.397 e. The highest BCUT2D eigenvalue weighted by molar-refractivity contribution is 6.33. The van der Waals surface area contributed by atoms with Crippen molar-refractivity contribution in [2.75, 3.05) is 94.7 Å². The summed E-state index contributed by atoms with van der Waals surface area (Å²) in [5.41, 5.74) is 14.7. The summed E-state index contributed by atoms with van der Waals surface area (Å²) in [5.74, 6) is 1.73. The van der Waals surface area contributed by atoms with E-state index in [1.807, 2.05) is 127 Å². The Morgan fingerprint density at radius 3 is 1.51 bits per heavy atom. The minimum absolute atomic E-state index is 0.320. The maximum absolute atomic E-state index is 12.5. The number of ether oxygens (including phenoxy) is 2. The summed E-state index contributed by atoms with van der Waals surface area (Å²) in [6, 6.07) is 50.0. The number of nitrogens with one attached hydrogen (secondary N) is 6. The standard InChI is InChI=1S/C28H28ClN7O2.C20H21ClN6O.C8H7NO/c29-23-19-30-27(32-21-10-12-22(13-11-21)36-14-16-38-17-15-36)35-26(23)33-24-8-4-5-9-25(24)34-28(37)31-18-20-6-2-1-3-7-20;21-16-13-23-20(26-19(16)25-18-4-2-1-3-17(18)22)24-14-5-7-15(8-6-14)27-9-11-28-12-10-27;10-7-9-6-8-4-2-1-3-5-8/h1-13,19H,14-18H2,(H2,31,34,37)(H2,30,32,33,35);1-8,13H,9-12,22H2,(H2,23,24,25,26);1-5H,6H2. The number of carbonyl (C=O) groups excluding carboxylic acids is 2. The number of nitrogens with zero attached hydrogens (tertiary/aromatic N) is 7. The SMILES string of the molecule is Nc1ccccc1Nc1nc(Nc2ccc(N3CCOCC3)cc2)ncc1Cl.O=C(NCc1ccccc1)Nc1ccccc1Nc1nc(Nc2ccc(N3CCOCC3)cc2)ncc1Cl.O=C=NCc1ccccc1. The Morgan fingerprint density at radius 2 is 1.01 bits per heavy atom. The van der Waals surface area contributed by atoms with E-state index in [1.165, 1.54) is 18.0 Å². The lowest BCUT2D eigenvalue weighted by Gasteiger charge is -2.28. The number of amides is 2. The van der Waals surface area contributed by atoms with Crippen molar-refractivity contribution in [2.24, 2.45) is 4.99 Å². The van der Waals surface area contributed by atoms with Crippen molar-refractivity contribution >= 4 is 104 Å². The highest BCUT2D eigenvalue weighted by Crippen LogP contribution is 2.31. The molecule has 0 radical (unpaired) electrons. The van der Waals surface area contributed by atoms with Crippen LogP contribution < -0.4 is 47.4 Å². The molecule has 0 bridgehead atoms. The first-order chi connectivity index (χ1) is 37.3. The van der Waals surface area contributed by atoms with Crippen molar-refractivity contribution in [3.63, 3.8) is 0 Å². The lowest BCUT2D eigenvalue weighted by atomic mass is 10.2. The van der Waals surface area contributed by atoms with Crippen LogP contribution in [0.25, 0.3) is 0 Å². The van der Waals surface area contributed by atoms with Gasteiger partial charge in [0, 0.05) is 55.5 Å². The second kappa shape index (κ2) is 28.1. The monoisotopic (exact) mass is 1060 g/mol. The molecule has 76 heavy (non-hydrogen) atoms. The number of hydrogen-bond donors (Lipinski definition) is 7. The fourth-order valence-electron chi connectivity index (χ4n) is 7.66. The molecule has 0 saturated carbocycles. The first kappa shape index (κ1) is 53.5. The van der Waals surface area contributed by atoms with Gasteiger partial charge in [-0.15, -0.1) is 0 Å². The zero-order valence-electron chi connectivity index (χ0n) is 41.3. The number of aliphatic imine (C=N–C) groups is 1. The van der Waals surface area contributed by atoms with Crippen molar-refractivity contribution in [2.45, 2.75) is 13.1 Å². The van der Waals surface area contributed by atoms with Gasteiger partial charge in [-0.1, -0.05) is 108 Å². The average molecular weight is 1060 g/mol. The van der Waals surface area contributed by atoms with Crippen LogP contribution in [-0.4, -0.2) is 84.7 Å². The molecule has 10 rings (SSSR count). The number of para-hydroxylation sites is 4. The highest BCUT2D eigenvalue weighted by atomic mass is 35.5. The Kier molecular flexibility index (Phi) is 19.8. The van der Waals surface area contributed by atoms with Gasteiger partial charge >= 0.3 is 6.03 Å². The van der Waals surface area contributed by atoms with Crippen LogP contribution in [0.2, 0.25) is 10.0 Å². The molecule has 0 aliphatic carbocycles. The third-order valence-electron chi connectivity index (χ3n) is 11.6. The molecule has 2 aliphatic rings. The molecule has 2 fully saturated rings. The molecule has 6 aromatic carbocycles. The van der Waals surface area contributed by atoms with Crippen LogP contribution in [0, 0.1) is 0 Å². The zero-order valence-corrected chi connectivity index (χ0v) is 42.8. The van der Waals surface area contributed by atoms with E-state index < -0.39 is 0 Å². The van der Waals surface area contributed by atoms with Crippen molar-refractivity contribution in [3.05, 3.63) is 191 Å². The van der Waals surface area contributed by atoms with Crippen LogP contribution in [-0.2, 0) is 27.4 Å². The number of carbonyl (C=O) groups is 1. The number of nitrogens with two attached hydrogens (primary N) is 1. The molecule has 388 valence electrons. The average Bonchev–Trinajstić information content (AvgIpc) is 3.46. The van der Waals surface area contributed by atoms with Gasteiger partial charge in [0.25, 0.3) is 0 Å². The summed E-state index contributed by atoms with van der Waals surface area (Å²) in [7, 11) is 0. The molecule has 0 atom stereocenters. The van der Waals surface area contributed by atoms with E-state index in [0.717, 1.165) is 86.5 Å². The third kappa shape index (κ3) is 16.4. The normalized spacial score (nSPS) is 12.8. The van der Waals surface area contributed by atoms with Crippen LogP contribution in [0.4, 0.5) is 73.8 Å². The summed E-state index contributed by atoms with van der Waals surface area (Å²) in [5, 5.41) is 19.3. The summed E-state index contributed by atoms with van der Waals surface area (Å²) in [6.45, 7) is 7.44. The third-order valence-corrected chi connectivity index (χ3v) is 12.1. The number of rotatable bonds is 15. The highest BCUT2D eigenvalue weighted by Gasteiger charge is 2.15. The fraction of sp³-hybridized carbons (Fsp3) is 0.179. The summed E-state index contributed by atoms with van der Waals surface area (Å²) >= 11 is 12.6. The van der Waals surface area contributed by atoms with Gasteiger partial charge in [0.1, 0.15) is 10.0 Å². The van der Waals surface area contributed by atoms with Crippen LogP contribution in [0.15, 0.2) is 175 Å². The Labute approximate surface area is 450 Å². The molecule has 18 nitrogen and oxygen atoms in total. The molecule has 0 spiro atoms. The molecule has 8 aromatic rings. The number of halogens is 2. The molecule has 2 aromatic heterocycles. The maximum atomic E-state index is 12.5. The number of nitrogen functional groups attached to an aromatic ring is 1. The zero-order chi connectivity index (χ0) is 52.7. The Morgan fingerprint density at radius 1 is 0.566 bits per heavy atom. The van der Waals surface area contributed by atoms with Gasteiger partial charge in [-0.25, -0.2) is 24.5 Å². The predicted molar refractivity (Wildman–Crippen MR) is 304 cm³/mol. The first-order valence-electron chi connectivity index (χ1n) is 24.3. The van der Waals surface area contributed by atoms with Gasteiger partial charge in [-0.05, 0) is 83.9 Å². The van der Waals surface area contributed by atoms with Gasteiger partial charge in [-0.2, -0.15) is 9.97 Å². The molecule has 0 unspecified atom stereocenters. The molecule has 4 heterocycles. The van der Waals surface area contributed by atoms with Crippen molar-refractivity contribution < 1.29 is 19.1 Å². The molecule has 20 heteroatoms. The second-order valence-corrected chi connectivity index (χ2v) is 17.7. The molecular formula is C56H56Cl2N14O4. The lowest BCUT2D eigenvalue weighted by Crippen LogP contribution is -2.36. The van der Waals surface area contributed by atoms with Crippen LogP contribution in [0.5, 0.6) is 0 Å². The summed E-state index contributed by atoms with van der Waals surface area (Å²) in [4.78, 5) is 47.8. The van der Waals surface area contributed by atoms with Crippen LogP contribution in [0.1, 0.15) is 11.1 Å². The number of hydrogen-bond acceptors (Lipinski definition) is 16. The van der Waals surface area contributed by atoms with E-state index in [4.69, 9.17) is 38.4 Å². The van der Waals surface area contributed by atoms with Gasteiger partial charge in [0.2, 0.25) is 18.0 Å². The van der Waals surface area contributed by atoms with Crippen molar-refractivity contribution in [1.82, 2.24) is 25.3 Å². The van der Waals surface area contributed by atoms with Gasteiger partial charge in [0.15, 0.2) is 11.6 Å². The van der Waals surface area contributed by atoms with Crippen molar-refractivity contribution in [1.29, 1.82) is 0 Å². The first-order valence-corrected chi connectivity index (χ1v) is 25.1. The molecule has 2 amide bonds. The van der Waals surface area contributed by atoms with Gasteiger partial charge in [-0.3, -0.25) is 0 Å². The number of benzene rings is 6. The van der Waals surface area contributed by atoms with Crippen LogP contribution >= 0.6 is 23.2 Å². The van der Waals surface area contributed by atoms with E-state index in [0.29, 0.717) is 63.7 Å². The number of urea groups is 1. The quantitative estimate of drug-likeness (QED) is 0.0288. The molecule has 2 aliphatic heterocycles. The van der Waals surface area contributed by atoms with E-state index >= 15 is 0 Å². The second-order valence-electron chi connectivity index (χ2n) is 16.9. The lowest BCUT2D eigenvalue weighted by molar-refractivity contribution is 0.122. The smallest absolute Gasteiger partial charge is 0.319 e. The van der Waals surface area contributed by atoms with E-state index in [9.17, 15) is 9.59 Å². The molecule has 8 N–H and O–H groups in total. The number of anilines is 12. The maximum Gasteiger partial charge on any atom is 0.319 e. The van der Waals surface area contributed by atoms with E-state index in [2.05, 4.69) is 90.9 Å². The number of isocyanates is 1. The van der Waals surface area contributed by atoms with Gasteiger partial charge in [0.05, 0.1) is 68.1 Å².